The van der Waals surface area contributed by atoms with Gasteiger partial charge in [-0.15, -0.1) is 0 Å². The molecule has 0 fully saturated rings. The Balaban J connectivity index is 0.000000417. The maximum atomic E-state index is 8.74. The molecule has 0 unspecified atom stereocenters. The van der Waals surface area contributed by atoms with Crippen molar-refractivity contribution in [3.05, 3.63) is 103 Å². The number of rotatable bonds is 3. The maximum Gasteiger partial charge on any atom is 0.394 e. The van der Waals surface area contributed by atoms with Crippen molar-refractivity contribution in [3.8, 4) is 11.5 Å². The number of ether oxygens (including phenoxy) is 1. The SMILES string of the molecule is C=Cc1ccccc1.N.O=S(=O)(O)O.c1ccc(Oc2ccccc2)cc1. The van der Waals surface area contributed by atoms with E-state index >= 15 is 0 Å². The second-order valence-electron chi connectivity index (χ2n) is 4.79. The summed E-state index contributed by atoms with van der Waals surface area (Å²) in [6, 6.07) is 29.5. The Kier molecular flexibility index (Phi) is 11.8. The average molecular weight is 389 g/mol. The van der Waals surface area contributed by atoms with Crippen LogP contribution in [0.15, 0.2) is 97.6 Å². The van der Waals surface area contributed by atoms with Crippen molar-refractivity contribution in [2.45, 2.75) is 0 Å². The Morgan fingerprint density at radius 3 is 1.26 bits per heavy atom. The van der Waals surface area contributed by atoms with Gasteiger partial charge in [0.25, 0.3) is 0 Å². The third kappa shape index (κ3) is 13.9. The molecule has 7 heteroatoms. The first kappa shape index (κ1) is 24.0. The Morgan fingerprint density at radius 2 is 1.00 bits per heavy atom. The summed E-state index contributed by atoms with van der Waals surface area (Å²) in [5.41, 5.74) is 1.17. The third-order valence-electron chi connectivity index (χ3n) is 2.76. The summed E-state index contributed by atoms with van der Waals surface area (Å²) in [4.78, 5) is 0. The van der Waals surface area contributed by atoms with Gasteiger partial charge in [-0.1, -0.05) is 79.4 Å². The summed E-state index contributed by atoms with van der Waals surface area (Å²) in [5, 5.41) is 0. The van der Waals surface area contributed by atoms with Gasteiger partial charge in [-0.05, 0) is 29.8 Å². The smallest absolute Gasteiger partial charge is 0.394 e. The van der Waals surface area contributed by atoms with Crippen LogP contribution in [-0.2, 0) is 10.4 Å². The fourth-order valence-electron chi connectivity index (χ4n) is 1.70. The second-order valence-corrected chi connectivity index (χ2v) is 5.69. The van der Waals surface area contributed by atoms with Crippen molar-refractivity contribution in [2.75, 3.05) is 0 Å². The van der Waals surface area contributed by atoms with Crippen LogP contribution in [0.1, 0.15) is 5.56 Å². The van der Waals surface area contributed by atoms with Crippen LogP contribution in [0.5, 0.6) is 11.5 Å². The third-order valence-corrected chi connectivity index (χ3v) is 2.76. The zero-order chi connectivity index (χ0) is 19.3. The fraction of sp³-hybridized carbons (Fsp3) is 0. The van der Waals surface area contributed by atoms with Gasteiger partial charge in [0.05, 0.1) is 0 Å². The predicted octanol–water partition coefficient (Wildman–Crippen LogP) is 5.32. The van der Waals surface area contributed by atoms with Crippen LogP contribution >= 0.6 is 0 Å². The van der Waals surface area contributed by atoms with E-state index in [0.29, 0.717) is 0 Å². The lowest BCUT2D eigenvalue weighted by Crippen LogP contribution is -1.89. The van der Waals surface area contributed by atoms with E-state index in [1.807, 2.05) is 97.1 Å². The van der Waals surface area contributed by atoms with Crippen molar-refractivity contribution in [1.82, 2.24) is 6.15 Å². The van der Waals surface area contributed by atoms with Gasteiger partial charge in [-0.25, -0.2) is 0 Å². The highest BCUT2D eigenvalue weighted by Gasteiger charge is 1.92. The molecule has 0 radical (unpaired) electrons. The van der Waals surface area contributed by atoms with Crippen molar-refractivity contribution >= 4 is 16.5 Å². The number of para-hydroxylation sites is 2. The van der Waals surface area contributed by atoms with E-state index in [4.69, 9.17) is 22.3 Å². The average Bonchev–Trinajstić information content (AvgIpc) is 2.63. The van der Waals surface area contributed by atoms with E-state index in [0.717, 1.165) is 11.5 Å². The highest BCUT2D eigenvalue weighted by molar-refractivity contribution is 7.79. The molecule has 144 valence electrons. The molecule has 27 heavy (non-hydrogen) atoms. The molecule has 3 rings (SSSR count). The van der Waals surface area contributed by atoms with Crippen LogP contribution in [0.4, 0.5) is 0 Å². The Bertz CT molecular complexity index is 809. The van der Waals surface area contributed by atoms with Crippen LogP contribution in [0.25, 0.3) is 6.08 Å². The molecule has 0 atom stereocenters. The predicted molar refractivity (Wildman–Crippen MR) is 109 cm³/mol. The lowest BCUT2D eigenvalue weighted by atomic mass is 10.2. The summed E-state index contributed by atoms with van der Waals surface area (Å²) >= 11 is 0. The highest BCUT2D eigenvalue weighted by atomic mass is 32.3. The molecule has 0 bridgehead atoms. The van der Waals surface area contributed by atoms with Crippen LogP contribution < -0.4 is 10.9 Å². The Labute approximate surface area is 159 Å². The number of hydrogen-bond donors (Lipinski definition) is 3. The van der Waals surface area contributed by atoms with Crippen LogP contribution in [0, 0.1) is 0 Å². The minimum Gasteiger partial charge on any atom is -0.457 e. The van der Waals surface area contributed by atoms with E-state index < -0.39 is 10.4 Å². The maximum absolute atomic E-state index is 8.74. The van der Waals surface area contributed by atoms with Gasteiger partial charge in [0.15, 0.2) is 0 Å². The fourth-order valence-corrected chi connectivity index (χ4v) is 1.70. The van der Waals surface area contributed by atoms with Crippen molar-refractivity contribution in [2.24, 2.45) is 0 Å². The van der Waals surface area contributed by atoms with E-state index in [1.165, 1.54) is 5.56 Å². The summed E-state index contributed by atoms with van der Waals surface area (Å²) in [6.07, 6.45) is 1.83. The molecular weight excluding hydrogens is 366 g/mol. The minimum absolute atomic E-state index is 0. The Hall–Kier alpha value is -2.97. The second kappa shape index (κ2) is 13.3. The van der Waals surface area contributed by atoms with E-state index in [-0.39, 0.29) is 6.15 Å². The number of benzene rings is 3. The van der Waals surface area contributed by atoms with Crippen molar-refractivity contribution in [3.63, 3.8) is 0 Å². The highest BCUT2D eigenvalue weighted by Crippen LogP contribution is 2.19. The molecule has 0 aliphatic heterocycles. The molecule has 0 saturated heterocycles. The molecule has 0 spiro atoms. The van der Waals surface area contributed by atoms with Gasteiger partial charge in [0.2, 0.25) is 0 Å². The molecular formula is C20H23NO5S. The molecule has 0 amide bonds. The first-order chi connectivity index (χ1) is 12.4. The van der Waals surface area contributed by atoms with Gasteiger partial charge in [-0.2, -0.15) is 8.42 Å². The van der Waals surface area contributed by atoms with Gasteiger partial charge in [0.1, 0.15) is 11.5 Å². The molecule has 0 saturated carbocycles. The molecule has 3 aromatic carbocycles. The minimum atomic E-state index is -4.67. The topological polar surface area (TPSA) is 119 Å². The van der Waals surface area contributed by atoms with Gasteiger partial charge >= 0.3 is 10.4 Å². The monoisotopic (exact) mass is 389 g/mol. The summed E-state index contributed by atoms with van der Waals surface area (Å²) in [7, 11) is -4.67. The molecule has 5 N–H and O–H groups in total. The first-order valence-electron chi connectivity index (χ1n) is 7.54. The van der Waals surface area contributed by atoms with Gasteiger partial charge < -0.3 is 10.9 Å². The van der Waals surface area contributed by atoms with Crippen molar-refractivity contribution < 1.29 is 22.3 Å². The summed E-state index contributed by atoms with van der Waals surface area (Å²) in [6.45, 7) is 3.63. The van der Waals surface area contributed by atoms with Crippen LogP contribution in [0.2, 0.25) is 0 Å². The molecule has 0 aliphatic rings. The van der Waals surface area contributed by atoms with Gasteiger partial charge in [0, 0.05) is 0 Å². The zero-order valence-electron chi connectivity index (χ0n) is 14.7. The Morgan fingerprint density at radius 1 is 0.704 bits per heavy atom. The largest absolute Gasteiger partial charge is 0.457 e. The lowest BCUT2D eigenvalue weighted by Gasteiger charge is -2.03. The quantitative estimate of drug-likeness (QED) is 0.522. The molecule has 0 aliphatic carbocycles. The lowest BCUT2D eigenvalue weighted by molar-refractivity contribution is 0.381. The van der Waals surface area contributed by atoms with E-state index in [9.17, 15) is 0 Å². The van der Waals surface area contributed by atoms with Crippen LogP contribution in [0.3, 0.4) is 0 Å². The van der Waals surface area contributed by atoms with Gasteiger partial charge in [-0.3, -0.25) is 9.11 Å². The van der Waals surface area contributed by atoms with Crippen LogP contribution in [-0.4, -0.2) is 17.5 Å². The standard InChI is InChI=1S/C12H10O.C8H8.H3N.H2O4S/c1-3-7-11(8-4-1)13-12-9-5-2-6-10-12;1-2-8-6-4-3-5-7-8;;1-5(2,3)4/h1-10H;2-7H,1H2;1H3;(H2,1,2,3,4). The molecule has 0 heterocycles. The molecule has 3 aromatic rings. The first-order valence-corrected chi connectivity index (χ1v) is 8.93. The molecule has 6 nitrogen and oxygen atoms in total. The summed E-state index contributed by atoms with van der Waals surface area (Å²) in [5.74, 6) is 1.74. The van der Waals surface area contributed by atoms with E-state index in [2.05, 4.69) is 6.58 Å². The van der Waals surface area contributed by atoms with E-state index in [1.54, 1.807) is 0 Å². The molecule has 0 aromatic heterocycles. The summed E-state index contributed by atoms with van der Waals surface area (Å²) < 4.78 is 37.2. The normalized spacial score (nSPS) is 9.26. The van der Waals surface area contributed by atoms with Crippen molar-refractivity contribution in [1.29, 1.82) is 0 Å². The zero-order valence-corrected chi connectivity index (χ0v) is 15.5. The number of hydrogen-bond acceptors (Lipinski definition) is 4.